The molecule has 0 N–H and O–H groups in total. The van der Waals surface area contributed by atoms with Gasteiger partial charge in [0.2, 0.25) is 0 Å². The topological polar surface area (TPSA) is 0 Å². The van der Waals surface area contributed by atoms with Crippen LogP contribution in [0.3, 0.4) is 0 Å². The van der Waals surface area contributed by atoms with Gasteiger partial charge in [-0.05, 0) is 0 Å². The first kappa shape index (κ1) is 74.1. The first-order chi connectivity index (χ1) is 32.0. The molecule has 0 bridgehead atoms. The van der Waals surface area contributed by atoms with Gasteiger partial charge in [0.25, 0.3) is 0 Å². The van der Waals surface area contributed by atoms with E-state index in [2.05, 4.69) is 0 Å². The Morgan fingerprint density at radius 1 is 0.130 bits per heavy atom. The highest BCUT2D eigenvalue weighted by atomic mass is 79.9. The van der Waals surface area contributed by atoms with Crippen molar-refractivity contribution < 1.29 is 224 Å². The van der Waals surface area contributed by atoms with Gasteiger partial charge in [0.05, 0.1) is 0 Å². The van der Waals surface area contributed by atoms with Crippen molar-refractivity contribution in [1.82, 2.24) is 0 Å². The molecule has 0 rings (SSSR count). The molecule has 53 heteroatoms. The normalized spacial score (nSPS) is 17.6. The van der Waals surface area contributed by atoms with Gasteiger partial charge in [-0.1, -0.05) is 0 Å². The van der Waals surface area contributed by atoms with Crippen molar-refractivity contribution in [3.05, 3.63) is 0 Å². The first-order valence-electron chi connectivity index (χ1n) is 15.8. The van der Waals surface area contributed by atoms with E-state index < -0.39 is 164 Å². The molecule has 0 saturated carbocycles. The molecule has 0 heterocycles. The fraction of sp³-hybridized carbons (Fsp3) is 1.00. The van der Waals surface area contributed by atoms with Crippen LogP contribution in [0.15, 0.2) is 0 Å². The van der Waals surface area contributed by atoms with Crippen LogP contribution in [-0.4, -0.2) is 148 Å². The van der Waals surface area contributed by atoms with E-state index in [1.165, 1.54) is 0 Å². The van der Waals surface area contributed by atoms with E-state index in [4.69, 9.17) is 0 Å². The van der Waals surface area contributed by atoms with Gasteiger partial charge in [-0.25, -0.2) is 26.3 Å². The predicted octanol–water partition coefficient (Wildman–Crippen LogP) is 17.0. The highest BCUT2D eigenvalue weighted by molar-refractivity contribution is 9.26. The maximum absolute atomic E-state index is 15.4. The van der Waals surface area contributed by atoms with Gasteiger partial charge in [-0.15, -0.1) is 15.3 Å². The van der Waals surface area contributed by atoms with Crippen LogP contribution in [-0.2, 0) is 0 Å². The monoisotopic (exact) mass is 1360 g/mol. The van der Waals surface area contributed by atoms with Crippen LogP contribution in [0.1, 0.15) is 0 Å². The first-order valence-corrected chi connectivity index (χ1v) is 20.1. The Morgan fingerprint density at radius 2 is 0.208 bits per heavy atom. The van der Waals surface area contributed by atoms with Gasteiger partial charge in [0, 0.05) is 0 Å². The van der Waals surface area contributed by atoms with Crippen LogP contribution >= 0.6 is 15.3 Å². The van der Waals surface area contributed by atoms with E-state index in [0.29, 0.717) is 0 Å². The lowest BCUT2D eigenvalue weighted by atomic mass is 9.91. The molecule has 0 aromatic carbocycles. The van der Waals surface area contributed by atoms with Crippen LogP contribution < -0.4 is 0 Å². The van der Waals surface area contributed by atoms with Crippen molar-refractivity contribution >= 4 is 22.0 Å². The summed E-state index contributed by atoms with van der Waals surface area (Å²) in [5, 5.41) is 0. The summed E-state index contributed by atoms with van der Waals surface area (Å²) in [6, 6.07) is 0. The van der Waals surface area contributed by atoms with E-state index in [0.717, 1.165) is 0 Å². The second-order valence-corrected chi connectivity index (χ2v) is 21.0. The van der Waals surface area contributed by atoms with Gasteiger partial charge >= 0.3 is 148 Å². The van der Waals surface area contributed by atoms with E-state index in [1.54, 1.807) is 0 Å². The van der Waals surface area contributed by atoms with Crippen molar-refractivity contribution in [2.75, 3.05) is 0 Å². The minimum Gasteiger partial charge on any atom is -0.203 e. The summed E-state index contributed by atoms with van der Waals surface area (Å²) in [6.07, 6.45) is -26.7. The average Bonchev–Trinajstić information content (AvgIpc) is 3.17. The van der Waals surface area contributed by atoms with Crippen molar-refractivity contribution in [2.24, 2.45) is 0 Å². The fourth-order valence-electron chi connectivity index (χ4n) is 4.73. The summed E-state index contributed by atoms with van der Waals surface area (Å²) in [5.41, 5.74) is -34.7. The highest BCUT2D eigenvalue weighted by Crippen LogP contribution is 2.75. The summed E-state index contributed by atoms with van der Waals surface area (Å²) in [7, 11) is 0. The minimum atomic E-state index is -14.1. The van der Waals surface area contributed by atoms with Gasteiger partial charge < -0.3 is 0 Å². The van der Waals surface area contributed by atoms with Gasteiger partial charge in [-0.3, -0.25) is 0 Å². The summed E-state index contributed by atoms with van der Waals surface area (Å²) in [6.45, 7) is -14.1. The zero-order valence-electron chi connectivity index (χ0n) is 32.2. The second kappa shape index (κ2) is 17.6. The Hall–Kier alpha value is -2.87. The quantitative estimate of drug-likeness (QED) is 0.0610. The number of hydrogen-bond donors (Lipinski definition) is 0. The number of halogens is 52. The highest BCUT2D eigenvalue weighted by Gasteiger charge is 3.08. The van der Waals surface area contributed by atoms with Crippen molar-refractivity contribution in [2.45, 2.75) is 142 Å². The zero-order valence-corrected chi connectivity index (χ0v) is 34.7. The molecule has 0 aliphatic carbocycles. The lowest BCUT2D eigenvalue weighted by molar-refractivity contribution is -0.464. The maximum Gasteiger partial charge on any atom is 0.460 e. The van der Waals surface area contributed by atoms with Crippen molar-refractivity contribution in [3.63, 3.8) is 0 Å². The Kier molecular flexibility index (Phi) is 16.9. The number of alkyl halides is 51. The largest absolute Gasteiger partial charge is 0.460 e. The van der Waals surface area contributed by atoms with E-state index >= 15 is 26.3 Å². The molecular formula is C24BrF51Si. The van der Waals surface area contributed by atoms with E-state index in [1.807, 2.05) is 0 Å². The third kappa shape index (κ3) is 8.14. The third-order valence-corrected chi connectivity index (χ3v) is 17.5. The lowest BCUT2D eigenvalue weighted by Gasteiger charge is -2.52. The van der Waals surface area contributed by atoms with Crippen LogP contribution in [0.5, 0.6) is 0 Å². The molecule has 0 spiro atoms. The number of hydrogen-bond acceptors (Lipinski definition) is 0. The Labute approximate surface area is 388 Å². The Bertz CT molecular complexity index is 1900. The molecule has 0 aromatic rings. The van der Waals surface area contributed by atoms with E-state index in [9.17, 15) is 198 Å². The average molecular weight is 1370 g/mol. The van der Waals surface area contributed by atoms with E-state index in [-0.39, 0.29) is 0 Å². The minimum absolute atomic E-state index is 1.72. The lowest BCUT2D eigenvalue weighted by Crippen LogP contribution is -2.89. The summed E-state index contributed by atoms with van der Waals surface area (Å²) in [4.78, 5) is 0. The molecular weight excluding hydrogens is 1370 g/mol. The molecule has 0 aliphatic heterocycles. The molecule has 0 amide bonds. The molecule has 0 saturated heterocycles. The van der Waals surface area contributed by atoms with Crippen LogP contribution in [0.25, 0.3) is 0 Å². The summed E-state index contributed by atoms with van der Waals surface area (Å²) >= 11 is -1.72. The third-order valence-electron chi connectivity index (χ3n) is 9.46. The molecule has 0 fully saturated rings. The van der Waals surface area contributed by atoms with Gasteiger partial charge in [0.15, 0.2) is 0 Å². The standard InChI is InChI=1S/C24BrF51Si/c25-77(22(71,72)16(56,57)10(44,45)4(32,33)1(26,27)7(38,39)13(50,51)19(62,63)64,23(73,74)17(58,59)11(46,47)5(34,35)2(28,29)8(40,41)14(52,53)20(65,66)67)24(75,76)18(60,61)12(48,49)6(36,37)3(30,31)9(42,43)15(54,55)21(68,69)70. The van der Waals surface area contributed by atoms with Crippen molar-refractivity contribution in [3.8, 4) is 0 Å². The molecule has 0 nitrogen and oxygen atoms in total. The van der Waals surface area contributed by atoms with Gasteiger partial charge in [-0.2, -0.15) is 198 Å². The van der Waals surface area contributed by atoms with Crippen LogP contribution in [0.4, 0.5) is 224 Å². The van der Waals surface area contributed by atoms with Crippen molar-refractivity contribution in [1.29, 1.82) is 0 Å². The van der Waals surface area contributed by atoms with Crippen LogP contribution in [0.2, 0.25) is 0 Å². The molecule has 0 atom stereocenters. The molecule has 0 aliphatic rings. The fourth-order valence-corrected chi connectivity index (χ4v) is 9.92. The second-order valence-electron chi connectivity index (χ2n) is 14.2. The molecule has 0 unspecified atom stereocenters. The van der Waals surface area contributed by atoms with Crippen LogP contribution in [0, 0.1) is 0 Å². The SMILES string of the molecule is FC(F)(F)C(F)(F)C(F)(F)C(F)(F)C(F)(F)C(F)(F)C(F)(F)C(F)(F)[Si](Br)(C(F)(F)C(F)(F)C(F)(F)C(F)(F)C(F)(F)C(F)(F)C(F)(F)C(F)(F)F)C(F)(F)C(F)(F)C(F)(F)C(F)(F)C(F)(F)C(F)(F)C(F)(F)C(F)(F)F. The predicted molar refractivity (Wildman–Crippen MR) is 137 cm³/mol. The Balaban J connectivity index is 9.93. The molecule has 0 aromatic heterocycles. The summed E-state index contributed by atoms with van der Waals surface area (Å²) in [5.74, 6) is -190. The zero-order chi connectivity index (χ0) is 64.5. The smallest absolute Gasteiger partial charge is 0.203 e. The maximum atomic E-state index is 15.4. The molecule has 77 heavy (non-hydrogen) atoms. The Morgan fingerprint density at radius 3 is 0.299 bits per heavy atom. The summed E-state index contributed by atoms with van der Waals surface area (Å²) < 4.78 is 709. The number of rotatable bonds is 21. The van der Waals surface area contributed by atoms with Gasteiger partial charge in [0.1, 0.15) is 0 Å². The molecule has 0 radical (unpaired) electrons. The molecule has 464 valence electrons.